The average Bonchev–Trinajstić information content (AvgIpc) is 2.43. The largest absolute Gasteiger partial charge is 0.356 e. The zero-order valence-electron chi connectivity index (χ0n) is 13.6. The van der Waals surface area contributed by atoms with Crippen LogP contribution in [0.3, 0.4) is 0 Å². The monoisotopic (exact) mass is 288 g/mol. The second-order valence-electron chi connectivity index (χ2n) is 5.55. The molecule has 0 atom stereocenters. The molecule has 2 rings (SSSR count). The molecular weight excluding hydrogens is 264 g/mol. The highest BCUT2D eigenvalue weighted by molar-refractivity contribution is 5.54. The first-order chi connectivity index (χ1) is 9.99. The molecule has 0 aliphatic rings. The van der Waals surface area contributed by atoms with Gasteiger partial charge in [-0.2, -0.15) is 9.97 Å². The van der Waals surface area contributed by atoms with Crippen molar-refractivity contribution < 1.29 is 0 Å². The SMILES string of the molecule is CCCN(CCC)c1nc(=O)n2c(C)cc(C)c(C)c2n1. The van der Waals surface area contributed by atoms with Gasteiger partial charge in [-0.1, -0.05) is 13.8 Å². The number of pyridine rings is 1. The lowest BCUT2D eigenvalue weighted by Crippen LogP contribution is -2.31. The van der Waals surface area contributed by atoms with E-state index < -0.39 is 0 Å². The zero-order valence-corrected chi connectivity index (χ0v) is 13.6. The molecule has 5 heteroatoms. The highest BCUT2D eigenvalue weighted by Crippen LogP contribution is 2.16. The molecule has 0 N–H and O–H groups in total. The van der Waals surface area contributed by atoms with E-state index in [9.17, 15) is 4.79 Å². The van der Waals surface area contributed by atoms with Crippen molar-refractivity contribution in [2.45, 2.75) is 47.5 Å². The van der Waals surface area contributed by atoms with Crippen LogP contribution in [0.5, 0.6) is 0 Å². The fourth-order valence-electron chi connectivity index (χ4n) is 2.62. The Hall–Kier alpha value is -1.91. The second-order valence-corrected chi connectivity index (χ2v) is 5.55. The number of hydrogen-bond acceptors (Lipinski definition) is 4. The van der Waals surface area contributed by atoms with Crippen LogP contribution in [0.2, 0.25) is 0 Å². The Morgan fingerprint density at radius 1 is 1.10 bits per heavy atom. The van der Waals surface area contributed by atoms with E-state index in [0.29, 0.717) is 5.95 Å². The van der Waals surface area contributed by atoms with E-state index in [-0.39, 0.29) is 5.69 Å². The number of aryl methyl sites for hydroxylation is 3. The van der Waals surface area contributed by atoms with Crippen LogP contribution in [-0.2, 0) is 0 Å². The highest BCUT2D eigenvalue weighted by Gasteiger charge is 2.14. The van der Waals surface area contributed by atoms with Crippen molar-refractivity contribution in [2.24, 2.45) is 0 Å². The Balaban J connectivity index is 2.68. The maximum atomic E-state index is 12.4. The first kappa shape index (κ1) is 15.5. The summed E-state index contributed by atoms with van der Waals surface area (Å²) < 4.78 is 1.60. The van der Waals surface area contributed by atoms with Gasteiger partial charge in [-0.3, -0.25) is 0 Å². The number of fused-ring (bicyclic) bond motifs is 1. The van der Waals surface area contributed by atoms with Crippen LogP contribution >= 0.6 is 0 Å². The highest BCUT2D eigenvalue weighted by atomic mass is 16.1. The predicted molar refractivity (Wildman–Crippen MR) is 86.3 cm³/mol. The van der Waals surface area contributed by atoms with Crippen LogP contribution in [0.4, 0.5) is 5.95 Å². The van der Waals surface area contributed by atoms with Gasteiger partial charge in [0.15, 0.2) is 0 Å². The Morgan fingerprint density at radius 3 is 2.29 bits per heavy atom. The third kappa shape index (κ3) is 2.91. The summed E-state index contributed by atoms with van der Waals surface area (Å²) in [4.78, 5) is 23.3. The summed E-state index contributed by atoms with van der Waals surface area (Å²) in [5.41, 5.74) is 3.54. The standard InChI is InChI=1S/C16H24N4O/c1-6-8-19(9-7-2)15-17-14-13(5)11(3)10-12(4)20(14)16(21)18-15/h10H,6-9H2,1-5H3. The minimum Gasteiger partial charge on any atom is -0.341 e. The molecule has 0 amide bonds. The van der Waals surface area contributed by atoms with E-state index in [1.54, 1.807) is 4.40 Å². The quantitative estimate of drug-likeness (QED) is 0.848. The van der Waals surface area contributed by atoms with Crippen molar-refractivity contribution in [1.82, 2.24) is 14.4 Å². The Bertz CT molecular complexity index is 699. The molecule has 21 heavy (non-hydrogen) atoms. The summed E-state index contributed by atoms with van der Waals surface area (Å²) in [7, 11) is 0. The van der Waals surface area contributed by atoms with Gasteiger partial charge < -0.3 is 4.90 Å². The summed E-state index contributed by atoms with van der Waals surface area (Å²) >= 11 is 0. The van der Waals surface area contributed by atoms with Crippen molar-refractivity contribution in [1.29, 1.82) is 0 Å². The van der Waals surface area contributed by atoms with Crippen molar-refractivity contribution in [3.05, 3.63) is 33.4 Å². The van der Waals surface area contributed by atoms with E-state index in [0.717, 1.165) is 48.4 Å². The van der Waals surface area contributed by atoms with Gasteiger partial charge in [-0.15, -0.1) is 0 Å². The van der Waals surface area contributed by atoms with Crippen molar-refractivity contribution in [2.75, 3.05) is 18.0 Å². The molecular formula is C16H24N4O. The van der Waals surface area contributed by atoms with Gasteiger partial charge in [-0.05, 0) is 50.8 Å². The van der Waals surface area contributed by atoms with Gasteiger partial charge in [0.1, 0.15) is 5.65 Å². The van der Waals surface area contributed by atoms with E-state index in [1.165, 1.54) is 0 Å². The number of aromatic nitrogens is 3. The molecule has 0 aliphatic heterocycles. The molecule has 2 aromatic rings. The molecule has 0 fully saturated rings. The van der Waals surface area contributed by atoms with Crippen LogP contribution in [0, 0.1) is 20.8 Å². The summed E-state index contributed by atoms with van der Waals surface area (Å²) in [5.74, 6) is 0.553. The number of nitrogens with zero attached hydrogens (tertiary/aromatic N) is 4. The van der Waals surface area contributed by atoms with Crippen LogP contribution in [-0.4, -0.2) is 27.5 Å². The number of anilines is 1. The second kappa shape index (κ2) is 6.24. The van der Waals surface area contributed by atoms with Gasteiger partial charge in [0.2, 0.25) is 5.95 Å². The fraction of sp³-hybridized carbons (Fsp3) is 0.562. The van der Waals surface area contributed by atoms with Gasteiger partial charge in [0, 0.05) is 18.8 Å². The first-order valence-corrected chi connectivity index (χ1v) is 7.62. The lowest BCUT2D eigenvalue weighted by atomic mass is 10.1. The van der Waals surface area contributed by atoms with Gasteiger partial charge >= 0.3 is 5.69 Å². The fourth-order valence-corrected chi connectivity index (χ4v) is 2.62. The molecule has 114 valence electrons. The normalized spacial score (nSPS) is 11.1. The van der Waals surface area contributed by atoms with E-state index in [2.05, 4.69) is 28.7 Å². The minimum absolute atomic E-state index is 0.243. The van der Waals surface area contributed by atoms with Crippen LogP contribution in [0.1, 0.15) is 43.5 Å². The van der Waals surface area contributed by atoms with E-state index >= 15 is 0 Å². The molecule has 2 heterocycles. The molecule has 0 radical (unpaired) electrons. The van der Waals surface area contributed by atoms with Crippen molar-refractivity contribution in [3.8, 4) is 0 Å². The maximum absolute atomic E-state index is 12.4. The van der Waals surface area contributed by atoms with Crippen LogP contribution < -0.4 is 10.6 Å². The van der Waals surface area contributed by atoms with Crippen LogP contribution in [0.25, 0.3) is 5.65 Å². The zero-order chi connectivity index (χ0) is 15.6. The van der Waals surface area contributed by atoms with Crippen LogP contribution in [0.15, 0.2) is 10.9 Å². The van der Waals surface area contributed by atoms with Gasteiger partial charge in [0.05, 0.1) is 0 Å². The molecule has 0 saturated heterocycles. The first-order valence-electron chi connectivity index (χ1n) is 7.62. The number of rotatable bonds is 5. The topological polar surface area (TPSA) is 50.5 Å². The van der Waals surface area contributed by atoms with E-state index in [1.807, 2.05) is 26.8 Å². The molecule has 5 nitrogen and oxygen atoms in total. The van der Waals surface area contributed by atoms with Gasteiger partial charge in [0.25, 0.3) is 0 Å². The summed E-state index contributed by atoms with van der Waals surface area (Å²) in [6.45, 7) is 11.9. The Kier molecular flexibility index (Phi) is 4.60. The molecule has 2 aromatic heterocycles. The molecule has 0 aliphatic carbocycles. The van der Waals surface area contributed by atoms with Crippen molar-refractivity contribution in [3.63, 3.8) is 0 Å². The third-order valence-electron chi connectivity index (χ3n) is 3.78. The minimum atomic E-state index is -0.243. The van der Waals surface area contributed by atoms with E-state index in [4.69, 9.17) is 0 Å². The average molecular weight is 288 g/mol. The molecule has 0 aromatic carbocycles. The molecule has 0 saturated carbocycles. The molecule has 0 spiro atoms. The van der Waals surface area contributed by atoms with Crippen molar-refractivity contribution >= 4 is 11.6 Å². The summed E-state index contributed by atoms with van der Waals surface area (Å²) in [5, 5.41) is 0. The Labute approximate surface area is 125 Å². The smallest absolute Gasteiger partial charge is 0.341 e. The molecule has 0 unspecified atom stereocenters. The lowest BCUT2D eigenvalue weighted by molar-refractivity contribution is 0.712. The predicted octanol–water partition coefficient (Wildman–Crippen LogP) is 2.64. The van der Waals surface area contributed by atoms with Gasteiger partial charge in [-0.25, -0.2) is 9.20 Å². The maximum Gasteiger partial charge on any atom is 0.356 e. The number of hydrogen-bond donors (Lipinski definition) is 0. The molecule has 0 bridgehead atoms. The third-order valence-corrected chi connectivity index (χ3v) is 3.78. The Morgan fingerprint density at radius 2 is 1.71 bits per heavy atom. The summed E-state index contributed by atoms with van der Waals surface area (Å²) in [6, 6.07) is 2.00. The lowest BCUT2D eigenvalue weighted by Gasteiger charge is -2.21. The summed E-state index contributed by atoms with van der Waals surface area (Å²) in [6.07, 6.45) is 2.02.